The van der Waals surface area contributed by atoms with Gasteiger partial charge in [0.1, 0.15) is 0 Å². The first-order chi connectivity index (χ1) is 13.7. The van der Waals surface area contributed by atoms with E-state index in [2.05, 4.69) is 15.6 Å². The van der Waals surface area contributed by atoms with Crippen molar-refractivity contribution >= 4 is 28.8 Å². The summed E-state index contributed by atoms with van der Waals surface area (Å²) in [4.78, 5) is 30.7. The van der Waals surface area contributed by atoms with Crippen molar-refractivity contribution < 1.29 is 9.59 Å². The van der Waals surface area contributed by atoms with E-state index in [9.17, 15) is 9.59 Å². The van der Waals surface area contributed by atoms with Crippen LogP contribution in [-0.4, -0.2) is 16.8 Å². The minimum absolute atomic E-state index is 0.106. The number of nitrogens with zero attached hydrogens (tertiary/aromatic N) is 1. The number of anilines is 1. The molecule has 0 aliphatic heterocycles. The average molecular weight is 391 g/mol. The fourth-order valence-corrected chi connectivity index (χ4v) is 4.52. The van der Waals surface area contributed by atoms with Crippen molar-refractivity contribution in [3.63, 3.8) is 0 Å². The van der Waals surface area contributed by atoms with Crippen LogP contribution in [0.4, 0.5) is 5.69 Å². The third-order valence-corrected chi connectivity index (χ3v) is 5.93. The highest BCUT2D eigenvalue weighted by atomic mass is 32.1. The summed E-state index contributed by atoms with van der Waals surface area (Å²) in [6, 6.07) is 12.6. The van der Waals surface area contributed by atoms with Gasteiger partial charge in [-0.3, -0.25) is 14.6 Å². The van der Waals surface area contributed by atoms with Gasteiger partial charge in [0.05, 0.1) is 17.8 Å². The molecule has 0 bridgehead atoms. The van der Waals surface area contributed by atoms with Crippen LogP contribution >= 0.6 is 11.3 Å². The molecule has 2 amide bonds. The molecule has 0 radical (unpaired) electrons. The van der Waals surface area contributed by atoms with Gasteiger partial charge < -0.3 is 10.6 Å². The summed E-state index contributed by atoms with van der Waals surface area (Å²) in [7, 11) is 0. The summed E-state index contributed by atoms with van der Waals surface area (Å²) in [5.41, 5.74) is 3.87. The molecule has 142 valence electrons. The average Bonchev–Trinajstić information content (AvgIpc) is 3.17. The van der Waals surface area contributed by atoms with Gasteiger partial charge in [0.25, 0.3) is 11.8 Å². The number of carbonyl (C=O) groups is 2. The van der Waals surface area contributed by atoms with E-state index < -0.39 is 0 Å². The number of carbonyl (C=O) groups excluding carboxylic acids is 2. The minimum Gasteiger partial charge on any atom is -0.346 e. The summed E-state index contributed by atoms with van der Waals surface area (Å²) < 4.78 is 0. The van der Waals surface area contributed by atoms with E-state index in [1.54, 1.807) is 41.8 Å². The molecule has 0 saturated carbocycles. The third kappa shape index (κ3) is 4.12. The number of aromatic nitrogens is 1. The van der Waals surface area contributed by atoms with E-state index in [-0.39, 0.29) is 11.8 Å². The number of pyridine rings is 1. The van der Waals surface area contributed by atoms with Crippen LogP contribution < -0.4 is 10.6 Å². The Bertz CT molecular complexity index is 998. The number of nitrogens with one attached hydrogen (secondary N) is 2. The number of aryl methyl sites for hydroxylation is 1. The maximum atomic E-state index is 12.7. The predicted molar refractivity (Wildman–Crippen MR) is 111 cm³/mol. The van der Waals surface area contributed by atoms with E-state index >= 15 is 0 Å². The van der Waals surface area contributed by atoms with Gasteiger partial charge in [-0.2, -0.15) is 0 Å². The van der Waals surface area contributed by atoms with Gasteiger partial charge in [-0.1, -0.05) is 12.1 Å². The molecular formula is C22H21N3O2S. The Morgan fingerprint density at radius 1 is 1.04 bits per heavy atom. The molecule has 0 atom stereocenters. The van der Waals surface area contributed by atoms with Crippen LogP contribution in [0.1, 0.15) is 49.7 Å². The first-order valence-corrected chi connectivity index (χ1v) is 10.3. The quantitative estimate of drug-likeness (QED) is 0.685. The Hall–Kier alpha value is -2.99. The maximum absolute atomic E-state index is 12.7. The lowest BCUT2D eigenvalue weighted by Gasteiger charge is -2.13. The maximum Gasteiger partial charge on any atom is 0.256 e. The molecule has 28 heavy (non-hydrogen) atoms. The molecule has 0 spiro atoms. The zero-order chi connectivity index (χ0) is 19.3. The highest BCUT2D eigenvalue weighted by Gasteiger charge is 2.20. The molecule has 5 nitrogen and oxygen atoms in total. The molecular weight excluding hydrogens is 370 g/mol. The van der Waals surface area contributed by atoms with Crippen molar-refractivity contribution in [2.45, 2.75) is 32.2 Å². The number of thiophene rings is 1. The molecule has 0 unspecified atom stereocenters. The van der Waals surface area contributed by atoms with Gasteiger partial charge in [-0.05, 0) is 61.6 Å². The van der Waals surface area contributed by atoms with Crippen LogP contribution in [-0.2, 0) is 19.4 Å². The highest BCUT2D eigenvalue weighted by Crippen LogP contribution is 2.30. The van der Waals surface area contributed by atoms with Gasteiger partial charge in [0, 0.05) is 27.7 Å². The summed E-state index contributed by atoms with van der Waals surface area (Å²) in [6.07, 6.45) is 6.07. The Morgan fingerprint density at radius 2 is 1.93 bits per heavy atom. The normalized spacial score (nSPS) is 12.9. The Kier molecular flexibility index (Phi) is 5.48. The smallest absolute Gasteiger partial charge is 0.256 e. The second-order valence-electron chi connectivity index (χ2n) is 6.80. The summed E-state index contributed by atoms with van der Waals surface area (Å²) >= 11 is 1.67. The largest absolute Gasteiger partial charge is 0.346 e. The van der Waals surface area contributed by atoms with Crippen LogP contribution in [0.15, 0.2) is 54.0 Å². The second-order valence-corrected chi connectivity index (χ2v) is 7.76. The van der Waals surface area contributed by atoms with Gasteiger partial charge in [0.2, 0.25) is 0 Å². The number of hydrogen-bond acceptors (Lipinski definition) is 4. The van der Waals surface area contributed by atoms with E-state index in [1.165, 1.54) is 16.9 Å². The van der Waals surface area contributed by atoms with Crippen molar-refractivity contribution in [1.82, 2.24) is 10.3 Å². The lowest BCUT2D eigenvalue weighted by molar-refractivity contribution is 0.0949. The molecule has 6 heteroatoms. The molecule has 4 rings (SSSR count). The molecule has 0 fully saturated rings. The van der Waals surface area contributed by atoms with Crippen LogP contribution in [0.3, 0.4) is 0 Å². The van der Waals surface area contributed by atoms with Gasteiger partial charge in [-0.25, -0.2) is 0 Å². The fourth-order valence-electron chi connectivity index (χ4n) is 3.40. The van der Waals surface area contributed by atoms with E-state index in [0.29, 0.717) is 17.8 Å². The van der Waals surface area contributed by atoms with Crippen molar-refractivity contribution in [1.29, 1.82) is 0 Å². The lowest BCUT2D eigenvalue weighted by Crippen LogP contribution is -2.23. The molecule has 0 saturated heterocycles. The molecule has 2 aromatic heterocycles. The Balaban J connectivity index is 1.43. The van der Waals surface area contributed by atoms with E-state index in [0.717, 1.165) is 30.5 Å². The minimum atomic E-state index is -0.199. The van der Waals surface area contributed by atoms with Crippen molar-refractivity contribution in [3.8, 4) is 0 Å². The second kappa shape index (κ2) is 8.35. The molecule has 3 aromatic rings. The lowest BCUT2D eigenvalue weighted by atomic mass is 9.95. The number of hydrogen-bond donors (Lipinski definition) is 2. The highest BCUT2D eigenvalue weighted by molar-refractivity contribution is 7.10. The van der Waals surface area contributed by atoms with Gasteiger partial charge in [0.15, 0.2) is 0 Å². The number of amides is 2. The standard InChI is InChI=1S/C22H21N3O2S/c26-21(24-13-17-7-3-4-11-23-17)15-6-5-8-16(12-15)25-22(27)19-14-28-20-10-2-1-9-18(19)20/h3-8,11-12,14H,1-2,9-10,13H2,(H,24,26)(H,25,27). The molecule has 2 heterocycles. The van der Waals surface area contributed by atoms with Crippen molar-refractivity contribution in [3.05, 3.63) is 81.3 Å². The Morgan fingerprint density at radius 3 is 2.79 bits per heavy atom. The SMILES string of the molecule is O=C(NCc1ccccn1)c1cccc(NC(=O)c2csc3c2CCCC3)c1. The molecule has 1 aliphatic carbocycles. The summed E-state index contributed by atoms with van der Waals surface area (Å²) in [5, 5.41) is 7.74. The molecule has 2 N–H and O–H groups in total. The van der Waals surface area contributed by atoms with E-state index in [1.807, 2.05) is 23.6 Å². The summed E-state index contributed by atoms with van der Waals surface area (Å²) in [6.45, 7) is 0.358. The van der Waals surface area contributed by atoms with Gasteiger partial charge in [-0.15, -0.1) is 11.3 Å². The predicted octanol–water partition coefficient (Wildman–Crippen LogP) is 4.20. The van der Waals surface area contributed by atoms with Crippen LogP contribution in [0.5, 0.6) is 0 Å². The topological polar surface area (TPSA) is 71.1 Å². The summed E-state index contributed by atoms with van der Waals surface area (Å²) in [5.74, 6) is -0.305. The molecule has 1 aromatic carbocycles. The molecule has 1 aliphatic rings. The zero-order valence-corrected chi connectivity index (χ0v) is 16.2. The number of rotatable bonds is 5. The first kappa shape index (κ1) is 18.4. The van der Waals surface area contributed by atoms with Crippen molar-refractivity contribution in [2.24, 2.45) is 0 Å². The number of fused-ring (bicyclic) bond motifs is 1. The van der Waals surface area contributed by atoms with Crippen LogP contribution in [0, 0.1) is 0 Å². The van der Waals surface area contributed by atoms with E-state index in [4.69, 9.17) is 0 Å². The van der Waals surface area contributed by atoms with Crippen LogP contribution in [0.2, 0.25) is 0 Å². The Labute approximate surface area is 167 Å². The third-order valence-electron chi connectivity index (χ3n) is 4.84. The fraction of sp³-hybridized carbons (Fsp3) is 0.227. The monoisotopic (exact) mass is 391 g/mol. The number of benzene rings is 1. The van der Waals surface area contributed by atoms with Crippen LogP contribution in [0.25, 0.3) is 0 Å². The zero-order valence-electron chi connectivity index (χ0n) is 15.4. The van der Waals surface area contributed by atoms with Gasteiger partial charge >= 0.3 is 0 Å². The van der Waals surface area contributed by atoms with Crippen molar-refractivity contribution in [2.75, 3.05) is 5.32 Å². The first-order valence-electron chi connectivity index (χ1n) is 9.39.